The molecular formula is C10H8O4. The van der Waals surface area contributed by atoms with E-state index in [2.05, 4.69) is 4.74 Å². The number of methoxy groups -OCH3 is 1. The quantitative estimate of drug-likeness (QED) is 0.626. The average molecular weight is 192 g/mol. The topological polar surface area (TPSA) is 52.6 Å². The smallest absolute Gasteiger partial charge is 0.338 e. The number of esters is 2. The molecule has 14 heavy (non-hydrogen) atoms. The summed E-state index contributed by atoms with van der Waals surface area (Å²) in [4.78, 5) is 22.2. The van der Waals surface area contributed by atoms with E-state index in [4.69, 9.17) is 4.74 Å². The lowest BCUT2D eigenvalue weighted by atomic mass is 10.1. The van der Waals surface area contributed by atoms with Gasteiger partial charge in [0.15, 0.2) is 0 Å². The molecule has 0 saturated heterocycles. The fraction of sp³-hybridized carbons (Fsp3) is 0.200. The number of cyclic esters (lactones) is 1. The normalized spacial score (nSPS) is 13.4. The van der Waals surface area contributed by atoms with E-state index in [0.717, 1.165) is 5.56 Å². The summed E-state index contributed by atoms with van der Waals surface area (Å²) in [7, 11) is 1.32. The van der Waals surface area contributed by atoms with Crippen LogP contribution >= 0.6 is 0 Å². The maximum atomic E-state index is 11.1. The van der Waals surface area contributed by atoms with Crippen molar-refractivity contribution < 1.29 is 19.1 Å². The molecule has 1 aliphatic heterocycles. The van der Waals surface area contributed by atoms with Gasteiger partial charge in [-0.15, -0.1) is 0 Å². The van der Waals surface area contributed by atoms with Crippen LogP contribution in [0.2, 0.25) is 0 Å². The summed E-state index contributed by atoms with van der Waals surface area (Å²) >= 11 is 0. The largest absolute Gasteiger partial charge is 0.465 e. The fourth-order valence-corrected chi connectivity index (χ4v) is 1.38. The van der Waals surface area contributed by atoms with Crippen molar-refractivity contribution in [3.63, 3.8) is 0 Å². The van der Waals surface area contributed by atoms with Gasteiger partial charge in [-0.05, 0) is 18.2 Å². The minimum Gasteiger partial charge on any atom is -0.465 e. The van der Waals surface area contributed by atoms with Gasteiger partial charge in [0.1, 0.15) is 6.61 Å². The Kier molecular flexibility index (Phi) is 1.96. The SMILES string of the molecule is COC(=O)c1ccc2c(c1)COC2=O. The second kappa shape index (κ2) is 3.14. The minimum atomic E-state index is -0.410. The standard InChI is InChI=1S/C10H8O4/c1-13-9(11)6-2-3-8-7(4-6)5-14-10(8)12/h2-4H,5H2,1H3. The van der Waals surface area contributed by atoms with Gasteiger partial charge in [0.2, 0.25) is 0 Å². The zero-order valence-corrected chi connectivity index (χ0v) is 7.57. The number of carbonyl (C=O) groups is 2. The van der Waals surface area contributed by atoms with E-state index in [1.165, 1.54) is 7.11 Å². The van der Waals surface area contributed by atoms with E-state index in [-0.39, 0.29) is 12.6 Å². The summed E-state index contributed by atoms with van der Waals surface area (Å²) in [6.45, 7) is 0.235. The maximum Gasteiger partial charge on any atom is 0.338 e. The highest BCUT2D eigenvalue weighted by molar-refractivity contribution is 5.96. The van der Waals surface area contributed by atoms with Crippen LogP contribution in [0.1, 0.15) is 26.3 Å². The predicted octanol–water partition coefficient (Wildman–Crippen LogP) is 1.14. The zero-order chi connectivity index (χ0) is 10.1. The molecule has 1 heterocycles. The molecule has 2 rings (SSSR count). The third-order valence-electron chi connectivity index (χ3n) is 2.11. The summed E-state index contributed by atoms with van der Waals surface area (Å²) in [5.74, 6) is -0.747. The van der Waals surface area contributed by atoms with Crippen molar-refractivity contribution in [2.45, 2.75) is 6.61 Å². The van der Waals surface area contributed by atoms with Crippen LogP contribution < -0.4 is 0 Å². The lowest BCUT2D eigenvalue weighted by molar-refractivity contribution is 0.0534. The van der Waals surface area contributed by atoms with Gasteiger partial charge >= 0.3 is 11.9 Å². The second-order valence-electron chi connectivity index (χ2n) is 2.94. The number of hydrogen-bond donors (Lipinski definition) is 0. The molecule has 0 spiro atoms. The molecular weight excluding hydrogens is 184 g/mol. The van der Waals surface area contributed by atoms with Crippen LogP contribution in [0.4, 0.5) is 0 Å². The summed E-state index contributed by atoms with van der Waals surface area (Å²) in [6.07, 6.45) is 0. The van der Waals surface area contributed by atoms with E-state index in [1.807, 2.05) is 0 Å². The Morgan fingerprint density at radius 1 is 1.50 bits per heavy atom. The Morgan fingerprint density at radius 3 is 3.00 bits per heavy atom. The number of hydrogen-bond acceptors (Lipinski definition) is 4. The molecule has 0 saturated carbocycles. The molecule has 0 radical (unpaired) electrons. The van der Waals surface area contributed by atoms with E-state index in [1.54, 1.807) is 18.2 Å². The number of fused-ring (bicyclic) bond motifs is 1. The molecule has 72 valence electrons. The monoisotopic (exact) mass is 192 g/mol. The summed E-state index contributed by atoms with van der Waals surface area (Å²) in [5.41, 5.74) is 1.69. The van der Waals surface area contributed by atoms with Crippen molar-refractivity contribution in [1.29, 1.82) is 0 Å². The van der Waals surface area contributed by atoms with Gasteiger partial charge in [-0.2, -0.15) is 0 Å². The van der Waals surface area contributed by atoms with Crippen molar-refractivity contribution in [2.75, 3.05) is 7.11 Å². The summed E-state index contributed by atoms with van der Waals surface area (Å²) in [5, 5.41) is 0. The Bertz CT molecular complexity index is 409. The van der Waals surface area contributed by atoms with Crippen LogP contribution in [-0.2, 0) is 16.1 Å². The highest BCUT2D eigenvalue weighted by atomic mass is 16.5. The van der Waals surface area contributed by atoms with Gasteiger partial charge in [-0.3, -0.25) is 0 Å². The molecule has 0 bridgehead atoms. The van der Waals surface area contributed by atoms with Crippen LogP contribution in [0.15, 0.2) is 18.2 Å². The lowest BCUT2D eigenvalue weighted by Gasteiger charge is -1.99. The van der Waals surface area contributed by atoms with Crippen molar-refractivity contribution >= 4 is 11.9 Å². The number of rotatable bonds is 1. The third-order valence-corrected chi connectivity index (χ3v) is 2.11. The average Bonchev–Trinajstić information content (AvgIpc) is 2.59. The molecule has 1 aromatic carbocycles. The van der Waals surface area contributed by atoms with Gasteiger partial charge in [0.05, 0.1) is 18.2 Å². The molecule has 0 N–H and O–H groups in total. The maximum absolute atomic E-state index is 11.1. The molecule has 0 aliphatic carbocycles. The Balaban J connectivity index is 2.42. The summed E-state index contributed by atoms with van der Waals surface area (Å²) < 4.78 is 9.36. The Morgan fingerprint density at radius 2 is 2.29 bits per heavy atom. The first-order valence-corrected chi connectivity index (χ1v) is 4.11. The van der Waals surface area contributed by atoms with Crippen LogP contribution in [0.25, 0.3) is 0 Å². The lowest BCUT2D eigenvalue weighted by Crippen LogP contribution is -2.02. The third kappa shape index (κ3) is 1.25. The van der Waals surface area contributed by atoms with Crippen LogP contribution in [0, 0.1) is 0 Å². The number of ether oxygens (including phenoxy) is 2. The van der Waals surface area contributed by atoms with Crippen molar-refractivity contribution in [3.8, 4) is 0 Å². The molecule has 4 heteroatoms. The molecule has 1 aliphatic rings. The molecule has 0 amide bonds. The van der Waals surface area contributed by atoms with Gasteiger partial charge in [0, 0.05) is 5.56 Å². The van der Waals surface area contributed by atoms with Crippen molar-refractivity contribution in [3.05, 3.63) is 34.9 Å². The van der Waals surface area contributed by atoms with Gasteiger partial charge < -0.3 is 9.47 Å². The number of carbonyl (C=O) groups excluding carboxylic acids is 2. The first kappa shape index (κ1) is 8.74. The van der Waals surface area contributed by atoms with E-state index < -0.39 is 5.97 Å². The summed E-state index contributed by atoms with van der Waals surface area (Å²) in [6, 6.07) is 4.75. The molecule has 0 atom stereocenters. The zero-order valence-electron chi connectivity index (χ0n) is 7.57. The van der Waals surface area contributed by atoms with Gasteiger partial charge in [-0.1, -0.05) is 0 Å². The minimum absolute atomic E-state index is 0.235. The van der Waals surface area contributed by atoms with Crippen LogP contribution in [0.3, 0.4) is 0 Å². The first-order valence-electron chi connectivity index (χ1n) is 4.11. The highest BCUT2D eigenvalue weighted by Gasteiger charge is 2.22. The number of benzene rings is 1. The van der Waals surface area contributed by atoms with E-state index in [9.17, 15) is 9.59 Å². The molecule has 1 aromatic rings. The van der Waals surface area contributed by atoms with E-state index in [0.29, 0.717) is 11.1 Å². The second-order valence-corrected chi connectivity index (χ2v) is 2.94. The van der Waals surface area contributed by atoms with E-state index >= 15 is 0 Å². The Labute approximate surface area is 80.4 Å². The van der Waals surface area contributed by atoms with Crippen LogP contribution in [-0.4, -0.2) is 19.0 Å². The first-order chi connectivity index (χ1) is 6.72. The van der Waals surface area contributed by atoms with Crippen LogP contribution in [0.5, 0.6) is 0 Å². The fourth-order valence-electron chi connectivity index (χ4n) is 1.38. The Hall–Kier alpha value is -1.84. The van der Waals surface area contributed by atoms with Crippen molar-refractivity contribution in [2.24, 2.45) is 0 Å². The predicted molar refractivity (Wildman–Crippen MR) is 46.9 cm³/mol. The molecule has 0 fully saturated rings. The molecule has 4 nitrogen and oxygen atoms in total. The molecule has 0 unspecified atom stereocenters. The van der Waals surface area contributed by atoms with Gasteiger partial charge in [0.25, 0.3) is 0 Å². The van der Waals surface area contributed by atoms with Gasteiger partial charge in [-0.25, -0.2) is 9.59 Å². The van der Waals surface area contributed by atoms with Crippen molar-refractivity contribution in [1.82, 2.24) is 0 Å². The molecule has 0 aromatic heterocycles. The highest BCUT2D eigenvalue weighted by Crippen LogP contribution is 2.21.